The summed E-state index contributed by atoms with van der Waals surface area (Å²) >= 11 is 0. The van der Waals surface area contributed by atoms with Gasteiger partial charge in [0.1, 0.15) is 0 Å². The minimum atomic E-state index is -0.489. The van der Waals surface area contributed by atoms with E-state index in [0.717, 1.165) is 16.5 Å². The van der Waals surface area contributed by atoms with Crippen LogP contribution in [-0.2, 0) is 11.3 Å². The molecule has 0 bridgehead atoms. The number of hydrogen-bond donors (Lipinski definition) is 4. The number of allylic oxidation sites excluding steroid dienone is 2. The molecule has 0 saturated heterocycles. The van der Waals surface area contributed by atoms with Crippen molar-refractivity contribution >= 4 is 22.6 Å². The third-order valence-electron chi connectivity index (χ3n) is 4.45. The summed E-state index contributed by atoms with van der Waals surface area (Å²) in [5, 5.41) is 11.8. The van der Waals surface area contributed by atoms with Gasteiger partial charge in [0, 0.05) is 12.1 Å². The summed E-state index contributed by atoms with van der Waals surface area (Å²) in [7, 11) is 0. The van der Waals surface area contributed by atoms with Crippen LogP contribution < -0.4 is 22.1 Å². The van der Waals surface area contributed by atoms with Gasteiger partial charge in [0.2, 0.25) is 5.88 Å². The van der Waals surface area contributed by atoms with Crippen LogP contribution in [0.1, 0.15) is 16.8 Å². The topological polar surface area (TPSA) is 119 Å². The van der Waals surface area contributed by atoms with E-state index in [1.54, 1.807) is 19.9 Å². The number of benzene rings is 2. The van der Waals surface area contributed by atoms with Crippen LogP contribution in [0.4, 0.5) is 5.88 Å². The average Bonchev–Trinajstić information content (AvgIpc) is 3.02. The summed E-state index contributed by atoms with van der Waals surface area (Å²) in [6.07, 6.45) is 3.00. The third kappa shape index (κ3) is 4.32. The van der Waals surface area contributed by atoms with Crippen LogP contribution in [0.25, 0.3) is 10.8 Å². The lowest BCUT2D eigenvalue weighted by Crippen LogP contribution is -2.21. The molecule has 0 aliphatic rings. The number of amides is 1. The molecule has 0 radical (unpaired) electrons. The number of hydrogen-bond acceptors (Lipinski definition) is 6. The van der Waals surface area contributed by atoms with Gasteiger partial charge in [0.15, 0.2) is 0 Å². The van der Waals surface area contributed by atoms with Crippen LogP contribution in [0.3, 0.4) is 0 Å². The van der Waals surface area contributed by atoms with Crippen molar-refractivity contribution in [2.45, 2.75) is 20.4 Å². The highest BCUT2D eigenvalue weighted by Gasteiger charge is 2.13. The Morgan fingerprint density at radius 3 is 2.61 bits per heavy atom. The Morgan fingerprint density at radius 1 is 1.11 bits per heavy atom. The lowest BCUT2D eigenvalue weighted by atomic mass is 10.0. The minimum absolute atomic E-state index is 0.00311. The predicted molar refractivity (Wildman–Crippen MR) is 110 cm³/mol. The normalized spacial score (nSPS) is 12.2. The van der Waals surface area contributed by atoms with Gasteiger partial charge in [0.05, 0.1) is 17.2 Å². The molecule has 3 aromatic rings. The quantitative estimate of drug-likeness (QED) is 0.387. The maximum Gasteiger partial charge on any atom is 0.273 e. The van der Waals surface area contributed by atoms with Crippen LogP contribution in [0.2, 0.25) is 0 Å². The van der Waals surface area contributed by atoms with E-state index < -0.39 is 5.91 Å². The van der Waals surface area contributed by atoms with E-state index in [4.69, 9.17) is 16.0 Å². The third-order valence-corrected chi connectivity index (χ3v) is 4.45. The van der Waals surface area contributed by atoms with Gasteiger partial charge >= 0.3 is 0 Å². The SMILES string of the molecule is Cc1noc(NC(=O)/C(N)=C/C=C(\N)NCc2cccc3ccccc23)c1C. The maximum absolute atomic E-state index is 12.1. The fraction of sp³-hybridized carbons (Fsp3) is 0.143. The molecule has 3 rings (SSSR count). The molecule has 0 aliphatic carbocycles. The second-order valence-electron chi connectivity index (χ2n) is 6.41. The Morgan fingerprint density at radius 2 is 1.86 bits per heavy atom. The van der Waals surface area contributed by atoms with E-state index >= 15 is 0 Å². The van der Waals surface area contributed by atoms with Crippen LogP contribution in [0.5, 0.6) is 0 Å². The van der Waals surface area contributed by atoms with Crippen molar-refractivity contribution < 1.29 is 9.32 Å². The number of carbonyl (C=O) groups excluding carboxylic acids is 1. The Balaban J connectivity index is 1.62. The van der Waals surface area contributed by atoms with Gasteiger partial charge in [-0.1, -0.05) is 47.6 Å². The summed E-state index contributed by atoms with van der Waals surface area (Å²) in [6.45, 7) is 4.15. The molecule has 7 nitrogen and oxygen atoms in total. The van der Waals surface area contributed by atoms with Crippen molar-refractivity contribution in [3.63, 3.8) is 0 Å². The van der Waals surface area contributed by atoms with Crippen molar-refractivity contribution in [3.05, 3.63) is 83.0 Å². The van der Waals surface area contributed by atoms with Gasteiger partial charge in [-0.25, -0.2) is 0 Å². The molecule has 1 heterocycles. The van der Waals surface area contributed by atoms with Crippen LogP contribution >= 0.6 is 0 Å². The first-order chi connectivity index (χ1) is 13.5. The number of nitrogens with one attached hydrogen (secondary N) is 2. The Hall–Kier alpha value is -3.74. The molecule has 0 atom stereocenters. The number of aryl methyl sites for hydroxylation is 1. The van der Waals surface area contributed by atoms with Gasteiger partial charge in [-0.05, 0) is 42.3 Å². The summed E-state index contributed by atoms with van der Waals surface area (Å²) in [5.74, 6) is 0.192. The van der Waals surface area contributed by atoms with Gasteiger partial charge in [-0.15, -0.1) is 0 Å². The molecule has 0 spiro atoms. The van der Waals surface area contributed by atoms with Gasteiger partial charge in [-0.2, -0.15) is 0 Å². The molecule has 7 heteroatoms. The Bertz CT molecular complexity index is 1060. The highest BCUT2D eigenvalue weighted by Crippen LogP contribution is 2.19. The monoisotopic (exact) mass is 377 g/mol. The van der Waals surface area contributed by atoms with Gasteiger partial charge in [-0.3, -0.25) is 10.1 Å². The number of anilines is 1. The molecule has 0 fully saturated rings. The molecule has 6 N–H and O–H groups in total. The summed E-state index contributed by atoms with van der Waals surface area (Å²) in [6, 6.07) is 14.3. The van der Waals surface area contributed by atoms with Crippen molar-refractivity contribution in [3.8, 4) is 0 Å². The summed E-state index contributed by atoms with van der Waals surface area (Å²) in [4.78, 5) is 12.1. The van der Waals surface area contributed by atoms with Crippen molar-refractivity contribution in [2.24, 2.45) is 11.5 Å². The van der Waals surface area contributed by atoms with E-state index in [1.807, 2.05) is 24.3 Å². The molecular formula is C21H23N5O2. The molecule has 28 heavy (non-hydrogen) atoms. The van der Waals surface area contributed by atoms with Crippen LogP contribution in [0, 0.1) is 13.8 Å². The highest BCUT2D eigenvalue weighted by molar-refractivity contribution is 6.02. The largest absolute Gasteiger partial charge is 0.394 e. The van der Waals surface area contributed by atoms with Crippen LogP contribution in [0.15, 0.2) is 70.7 Å². The lowest BCUT2D eigenvalue weighted by molar-refractivity contribution is -0.113. The van der Waals surface area contributed by atoms with E-state index in [1.165, 1.54) is 11.5 Å². The standard InChI is InChI=1S/C21H23N5O2/c1-13-14(2)26-28-21(13)25-20(27)18(22)10-11-19(23)24-12-16-8-5-7-15-6-3-4-9-17(15)16/h3-11,24H,12,22-23H2,1-2H3,(H,25,27)/b18-10-,19-11+. The second kappa shape index (κ2) is 8.30. The number of carbonyl (C=O) groups is 1. The Labute approximate surface area is 163 Å². The molecule has 1 aromatic heterocycles. The minimum Gasteiger partial charge on any atom is -0.394 e. The van der Waals surface area contributed by atoms with Crippen molar-refractivity contribution in [2.75, 3.05) is 5.32 Å². The zero-order chi connectivity index (χ0) is 20.1. The predicted octanol–water partition coefficient (Wildman–Crippen LogP) is 2.82. The zero-order valence-corrected chi connectivity index (χ0v) is 15.8. The molecule has 2 aromatic carbocycles. The highest BCUT2D eigenvalue weighted by atomic mass is 16.5. The number of nitrogens with zero attached hydrogens (tertiary/aromatic N) is 1. The van der Waals surface area contributed by atoms with E-state index in [2.05, 4.69) is 34.0 Å². The second-order valence-corrected chi connectivity index (χ2v) is 6.41. The first-order valence-corrected chi connectivity index (χ1v) is 8.83. The molecule has 0 saturated carbocycles. The molecule has 144 valence electrons. The van der Waals surface area contributed by atoms with Crippen molar-refractivity contribution in [1.29, 1.82) is 0 Å². The summed E-state index contributed by atoms with van der Waals surface area (Å²) < 4.78 is 5.05. The van der Waals surface area contributed by atoms with Gasteiger partial charge < -0.3 is 21.3 Å². The molecule has 0 aliphatic heterocycles. The molecule has 0 unspecified atom stereocenters. The smallest absolute Gasteiger partial charge is 0.273 e. The fourth-order valence-electron chi connectivity index (χ4n) is 2.67. The first kappa shape index (κ1) is 19.0. The van der Waals surface area contributed by atoms with Crippen LogP contribution in [-0.4, -0.2) is 11.1 Å². The number of nitrogens with two attached hydrogens (primary N) is 2. The molecule has 1 amide bonds. The zero-order valence-electron chi connectivity index (χ0n) is 15.8. The number of rotatable bonds is 6. The van der Waals surface area contributed by atoms with E-state index in [-0.39, 0.29) is 11.6 Å². The Kier molecular flexibility index (Phi) is 5.64. The van der Waals surface area contributed by atoms with Gasteiger partial charge in [0.25, 0.3) is 5.91 Å². The summed E-state index contributed by atoms with van der Waals surface area (Å²) in [5.41, 5.74) is 14.4. The average molecular weight is 377 g/mol. The maximum atomic E-state index is 12.1. The number of fused-ring (bicyclic) bond motifs is 1. The van der Waals surface area contributed by atoms with Crippen molar-refractivity contribution in [1.82, 2.24) is 10.5 Å². The van der Waals surface area contributed by atoms with E-state index in [0.29, 0.717) is 18.1 Å². The number of aromatic nitrogens is 1. The van der Waals surface area contributed by atoms with E-state index in [9.17, 15) is 4.79 Å². The first-order valence-electron chi connectivity index (χ1n) is 8.83. The lowest BCUT2D eigenvalue weighted by Gasteiger charge is -2.09. The molecular weight excluding hydrogens is 354 g/mol. The fourth-order valence-corrected chi connectivity index (χ4v) is 2.67.